The van der Waals surface area contributed by atoms with Crippen molar-refractivity contribution in [1.82, 2.24) is 0 Å². The Kier molecular flexibility index (Phi) is 4.38. The maximum atomic E-state index is 13.1. The van der Waals surface area contributed by atoms with Crippen molar-refractivity contribution in [2.45, 2.75) is 0 Å². The first-order valence-corrected chi connectivity index (χ1v) is 6.20. The molecule has 0 atom stereocenters. The number of nitriles is 1. The number of nitrogens with one attached hydrogen (secondary N) is 2. The summed E-state index contributed by atoms with van der Waals surface area (Å²) in [5.41, 5.74) is 3.18. The van der Waals surface area contributed by atoms with Crippen LogP contribution in [0.2, 0.25) is 5.02 Å². The van der Waals surface area contributed by atoms with E-state index >= 15 is 0 Å². The van der Waals surface area contributed by atoms with E-state index in [2.05, 4.69) is 10.7 Å². The van der Waals surface area contributed by atoms with Crippen LogP contribution < -0.4 is 16.6 Å². The van der Waals surface area contributed by atoms with E-state index in [1.54, 1.807) is 12.1 Å². The van der Waals surface area contributed by atoms with E-state index in [0.717, 1.165) is 12.1 Å². The van der Waals surface area contributed by atoms with Gasteiger partial charge in [0, 0.05) is 5.02 Å². The Labute approximate surface area is 125 Å². The number of amides is 1. The summed E-state index contributed by atoms with van der Waals surface area (Å²) in [4.78, 5) is 12.2. The lowest BCUT2D eigenvalue weighted by atomic mass is 10.1. The molecule has 0 unspecified atom stereocenters. The van der Waals surface area contributed by atoms with Gasteiger partial charge in [0.25, 0.3) is 5.91 Å². The normalized spacial score (nSPS) is 9.81. The van der Waals surface area contributed by atoms with Crippen LogP contribution in [-0.2, 0) is 0 Å². The molecule has 106 valence electrons. The van der Waals surface area contributed by atoms with E-state index in [-0.39, 0.29) is 16.8 Å². The fraction of sp³-hybridized carbons (Fsp3) is 0. The van der Waals surface area contributed by atoms with Crippen molar-refractivity contribution < 1.29 is 9.18 Å². The highest BCUT2D eigenvalue weighted by Crippen LogP contribution is 2.22. The van der Waals surface area contributed by atoms with Crippen LogP contribution in [0.5, 0.6) is 0 Å². The van der Waals surface area contributed by atoms with Crippen molar-refractivity contribution in [2.75, 3.05) is 10.7 Å². The highest BCUT2D eigenvalue weighted by Gasteiger charge is 2.14. The summed E-state index contributed by atoms with van der Waals surface area (Å²) in [6, 6.07) is 9.87. The second-order valence-corrected chi connectivity index (χ2v) is 4.53. The maximum Gasteiger partial charge on any atom is 0.257 e. The topological polar surface area (TPSA) is 90.9 Å². The van der Waals surface area contributed by atoms with E-state index in [1.807, 2.05) is 6.07 Å². The van der Waals surface area contributed by atoms with Gasteiger partial charge in [0.2, 0.25) is 0 Å². The van der Waals surface area contributed by atoms with Crippen molar-refractivity contribution in [3.63, 3.8) is 0 Å². The highest BCUT2D eigenvalue weighted by atomic mass is 35.5. The molecule has 2 aromatic rings. The van der Waals surface area contributed by atoms with Gasteiger partial charge in [0.05, 0.1) is 22.5 Å². The van der Waals surface area contributed by atoms with Crippen LogP contribution in [0.25, 0.3) is 0 Å². The third-order valence-corrected chi connectivity index (χ3v) is 2.97. The Morgan fingerprint density at radius 1 is 1.24 bits per heavy atom. The molecule has 0 spiro atoms. The third kappa shape index (κ3) is 3.28. The predicted octanol–water partition coefficient (Wildman–Crippen LogP) is 2.89. The zero-order valence-corrected chi connectivity index (χ0v) is 11.4. The smallest absolute Gasteiger partial charge is 0.257 e. The number of rotatable bonds is 3. The second-order valence-electron chi connectivity index (χ2n) is 4.09. The SMILES string of the molecule is N#Cc1cc(F)ccc1NC(=O)c1cc(Cl)ccc1NN. The Hall–Kier alpha value is -2.62. The summed E-state index contributed by atoms with van der Waals surface area (Å²) in [7, 11) is 0. The Morgan fingerprint density at radius 3 is 2.62 bits per heavy atom. The summed E-state index contributed by atoms with van der Waals surface area (Å²) in [6.07, 6.45) is 0. The van der Waals surface area contributed by atoms with E-state index in [4.69, 9.17) is 22.7 Å². The van der Waals surface area contributed by atoms with E-state index in [0.29, 0.717) is 10.7 Å². The minimum atomic E-state index is -0.559. The first-order chi connectivity index (χ1) is 10.0. The molecule has 0 aliphatic heterocycles. The number of hydrogen-bond donors (Lipinski definition) is 3. The van der Waals surface area contributed by atoms with Gasteiger partial charge >= 0.3 is 0 Å². The van der Waals surface area contributed by atoms with Crippen molar-refractivity contribution in [3.05, 3.63) is 58.4 Å². The van der Waals surface area contributed by atoms with Crippen LogP contribution in [0.4, 0.5) is 15.8 Å². The molecule has 2 rings (SSSR count). The fourth-order valence-corrected chi connectivity index (χ4v) is 1.91. The van der Waals surface area contributed by atoms with Crippen LogP contribution in [-0.4, -0.2) is 5.91 Å². The number of carbonyl (C=O) groups excluding carboxylic acids is 1. The lowest BCUT2D eigenvalue weighted by molar-refractivity contribution is 0.102. The number of halogens is 2. The Balaban J connectivity index is 2.35. The molecule has 2 aromatic carbocycles. The number of nitrogens with two attached hydrogens (primary N) is 1. The zero-order chi connectivity index (χ0) is 15.4. The molecule has 0 aromatic heterocycles. The number of anilines is 2. The van der Waals surface area contributed by atoms with Crippen LogP contribution >= 0.6 is 11.6 Å². The van der Waals surface area contributed by atoms with Gasteiger partial charge in [-0.25, -0.2) is 4.39 Å². The van der Waals surface area contributed by atoms with Crippen molar-refractivity contribution in [1.29, 1.82) is 5.26 Å². The van der Waals surface area contributed by atoms with Crippen molar-refractivity contribution >= 4 is 28.9 Å². The van der Waals surface area contributed by atoms with E-state index < -0.39 is 11.7 Å². The highest BCUT2D eigenvalue weighted by molar-refractivity contribution is 6.31. The van der Waals surface area contributed by atoms with Gasteiger partial charge in [0.1, 0.15) is 11.9 Å². The molecule has 1 amide bonds. The molecular formula is C14H10ClFN4O. The lowest BCUT2D eigenvalue weighted by Crippen LogP contribution is -2.17. The molecule has 0 heterocycles. The van der Waals surface area contributed by atoms with E-state index in [1.165, 1.54) is 12.1 Å². The number of hydrogen-bond acceptors (Lipinski definition) is 4. The summed E-state index contributed by atoms with van der Waals surface area (Å²) >= 11 is 5.85. The van der Waals surface area contributed by atoms with Gasteiger partial charge in [0.15, 0.2) is 0 Å². The summed E-state index contributed by atoms with van der Waals surface area (Å²) in [6.45, 7) is 0. The van der Waals surface area contributed by atoms with Crippen molar-refractivity contribution in [3.8, 4) is 6.07 Å². The quantitative estimate of drug-likeness (QED) is 0.600. The lowest BCUT2D eigenvalue weighted by Gasteiger charge is -2.11. The monoisotopic (exact) mass is 304 g/mol. The van der Waals surface area contributed by atoms with Crippen LogP contribution in [0.15, 0.2) is 36.4 Å². The Morgan fingerprint density at radius 2 is 1.95 bits per heavy atom. The minimum Gasteiger partial charge on any atom is -0.323 e. The molecule has 0 radical (unpaired) electrons. The molecule has 7 heteroatoms. The molecule has 0 saturated heterocycles. The van der Waals surface area contributed by atoms with Crippen LogP contribution in [0.3, 0.4) is 0 Å². The van der Waals surface area contributed by atoms with Crippen molar-refractivity contribution in [2.24, 2.45) is 5.84 Å². The number of hydrazine groups is 1. The average molecular weight is 305 g/mol. The second kappa shape index (κ2) is 6.22. The summed E-state index contributed by atoms with van der Waals surface area (Å²) in [5.74, 6) is 4.25. The van der Waals surface area contributed by atoms with Gasteiger partial charge < -0.3 is 10.7 Å². The molecule has 4 N–H and O–H groups in total. The Bertz CT molecular complexity index is 742. The zero-order valence-electron chi connectivity index (χ0n) is 10.7. The van der Waals surface area contributed by atoms with Gasteiger partial charge in [-0.1, -0.05) is 11.6 Å². The maximum absolute atomic E-state index is 13.1. The molecule has 0 saturated carbocycles. The van der Waals surface area contributed by atoms with Gasteiger partial charge in [-0.3, -0.25) is 10.6 Å². The summed E-state index contributed by atoms with van der Waals surface area (Å²) < 4.78 is 13.1. The number of nitrogen functional groups attached to an aromatic ring is 1. The van der Waals surface area contributed by atoms with E-state index in [9.17, 15) is 9.18 Å². The molecule has 5 nitrogen and oxygen atoms in total. The molecule has 0 bridgehead atoms. The fourth-order valence-electron chi connectivity index (χ4n) is 1.74. The average Bonchev–Trinajstić information content (AvgIpc) is 2.48. The summed E-state index contributed by atoms with van der Waals surface area (Å²) in [5, 5.41) is 11.8. The first-order valence-electron chi connectivity index (χ1n) is 5.82. The van der Waals surface area contributed by atoms with Gasteiger partial charge in [-0.05, 0) is 36.4 Å². The predicted molar refractivity (Wildman–Crippen MR) is 78.3 cm³/mol. The van der Waals surface area contributed by atoms with Crippen LogP contribution in [0.1, 0.15) is 15.9 Å². The standard InChI is InChI=1S/C14H10ClFN4O/c15-9-1-3-13(20-18)11(6-9)14(21)19-12-4-2-10(16)5-8(12)7-17/h1-6,20H,18H2,(H,19,21). The van der Waals surface area contributed by atoms with Gasteiger partial charge in [-0.15, -0.1) is 0 Å². The third-order valence-electron chi connectivity index (χ3n) is 2.73. The molecule has 0 aliphatic rings. The largest absolute Gasteiger partial charge is 0.323 e. The number of benzene rings is 2. The first kappa shape index (κ1) is 14.8. The number of carbonyl (C=O) groups is 1. The molecule has 0 fully saturated rings. The minimum absolute atomic E-state index is 0.0210. The number of nitrogens with zero attached hydrogens (tertiary/aromatic N) is 1. The molecule has 0 aliphatic carbocycles. The molecular weight excluding hydrogens is 295 g/mol. The van der Waals surface area contributed by atoms with Crippen LogP contribution in [0, 0.1) is 17.1 Å². The molecule has 21 heavy (non-hydrogen) atoms. The van der Waals surface area contributed by atoms with Gasteiger partial charge in [-0.2, -0.15) is 5.26 Å².